The molecule has 6 nitrogen and oxygen atoms in total. The standard InChI is InChI=1S/C16H24N2O4S/c1-13-4-5-15(11-17-13)22-16-6-8-18(12-16)23(19,20)10-7-14-3-2-9-21-14/h4-5,11,14,16H,2-3,6-10,12H2,1H3/t14-,16-/m1/s1. The molecule has 0 spiro atoms. The van der Waals surface area contributed by atoms with Crippen molar-refractivity contribution in [2.75, 3.05) is 25.4 Å². The molecule has 2 fully saturated rings. The molecule has 1 aromatic heterocycles. The summed E-state index contributed by atoms with van der Waals surface area (Å²) >= 11 is 0. The van der Waals surface area contributed by atoms with Crippen LogP contribution in [-0.4, -0.2) is 55.4 Å². The topological polar surface area (TPSA) is 68.7 Å². The Morgan fingerprint density at radius 1 is 1.39 bits per heavy atom. The van der Waals surface area contributed by atoms with Crippen molar-refractivity contribution < 1.29 is 17.9 Å². The van der Waals surface area contributed by atoms with E-state index in [0.29, 0.717) is 31.7 Å². The quantitative estimate of drug-likeness (QED) is 0.789. The number of hydrogen-bond acceptors (Lipinski definition) is 5. The van der Waals surface area contributed by atoms with Crippen molar-refractivity contribution in [3.8, 4) is 5.75 Å². The lowest BCUT2D eigenvalue weighted by Gasteiger charge is -2.18. The third kappa shape index (κ3) is 4.43. The van der Waals surface area contributed by atoms with Crippen molar-refractivity contribution in [3.05, 3.63) is 24.0 Å². The Hall–Kier alpha value is -1.18. The van der Waals surface area contributed by atoms with Crippen molar-refractivity contribution in [3.63, 3.8) is 0 Å². The zero-order valence-electron chi connectivity index (χ0n) is 13.5. The van der Waals surface area contributed by atoms with Gasteiger partial charge in [-0.3, -0.25) is 4.98 Å². The normalized spacial score (nSPS) is 25.8. The predicted octanol–water partition coefficient (Wildman–Crippen LogP) is 1.74. The first-order valence-electron chi connectivity index (χ1n) is 8.22. The van der Waals surface area contributed by atoms with Crippen LogP contribution < -0.4 is 4.74 Å². The maximum Gasteiger partial charge on any atom is 0.214 e. The SMILES string of the molecule is Cc1ccc(O[C@@H]2CCN(S(=O)(=O)CC[C@H]3CCCO3)C2)cn1. The molecule has 0 radical (unpaired) electrons. The Morgan fingerprint density at radius 2 is 2.26 bits per heavy atom. The van der Waals surface area contributed by atoms with E-state index >= 15 is 0 Å². The second-order valence-electron chi connectivity index (χ2n) is 6.26. The zero-order chi connectivity index (χ0) is 16.3. The van der Waals surface area contributed by atoms with E-state index in [9.17, 15) is 8.42 Å². The molecule has 0 N–H and O–H groups in total. The number of aryl methyl sites for hydroxylation is 1. The van der Waals surface area contributed by atoms with Crippen LogP contribution in [-0.2, 0) is 14.8 Å². The third-order valence-corrected chi connectivity index (χ3v) is 6.28. The minimum absolute atomic E-state index is 0.1000. The highest BCUT2D eigenvalue weighted by atomic mass is 32.2. The van der Waals surface area contributed by atoms with E-state index < -0.39 is 10.0 Å². The van der Waals surface area contributed by atoms with Crippen molar-refractivity contribution in [1.82, 2.24) is 9.29 Å². The first-order valence-corrected chi connectivity index (χ1v) is 9.82. The molecule has 2 atom stereocenters. The smallest absolute Gasteiger partial charge is 0.214 e. The van der Waals surface area contributed by atoms with Gasteiger partial charge in [-0.2, -0.15) is 4.31 Å². The number of aromatic nitrogens is 1. The Bertz CT molecular complexity index is 611. The van der Waals surface area contributed by atoms with Gasteiger partial charge < -0.3 is 9.47 Å². The fourth-order valence-corrected chi connectivity index (χ4v) is 4.64. The van der Waals surface area contributed by atoms with Crippen molar-refractivity contribution in [2.45, 2.75) is 44.8 Å². The van der Waals surface area contributed by atoms with Crippen LogP contribution >= 0.6 is 0 Å². The molecule has 128 valence electrons. The second-order valence-corrected chi connectivity index (χ2v) is 8.35. The summed E-state index contributed by atoms with van der Waals surface area (Å²) in [7, 11) is -3.22. The van der Waals surface area contributed by atoms with Gasteiger partial charge in [0.2, 0.25) is 10.0 Å². The summed E-state index contributed by atoms with van der Waals surface area (Å²) in [5.74, 6) is 0.857. The number of sulfonamides is 1. The molecule has 23 heavy (non-hydrogen) atoms. The first kappa shape index (κ1) is 16.7. The summed E-state index contributed by atoms with van der Waals surface area (Å²) in [6, 6.07) is 3.76. The molecular weight excluding hydrogens is 316 g/mol. The zero-order valence-corrected chi connectivity index (χ0v) is 14.3. The van der Waals surface area contributed by atoms with E-state index in [1.807, 2.05) is 19.1 Å². The maximum absolute atomic E-state index is 12.4. The highest BCUT2D eigenvalue weighted by Gasteiger charge is 2.33. The molecule has 0 amide bonds. The van der Waals surface area contributed by atoms with Gasteiger partial charge in [-0.05, 0) is 44.7 Å². The third-order valence-electron chi connectivity index (χ3n) is 4.41. The molecule has 0 saturated carbocycles. The minimum atomic E-state index is -3.22. The highest BCUT2D eigenvalue weighted by molar-refractivity contribution is 7.89. The predicted molar refractivity (Wildman–Crippen MR) is 87.0 cm³/mol. The lowest BCUT2D eigenvalue weighted by atomic mass is 10.2. The van der Waals surface area contributed by atoms with E-state index in [4.69, 9.17) is 9.47 Å². The van der Waals surface area contributed by atoms with Crippen LogP contribution in [0.15, 0.2) is 18.3 Å². The van der Waals surface area contributed by atoms with Gasteiger partial charge in [0.25, 0.3) is 0 Å². The van der Waals surface area contributed by atoms with Gasteiger partial charge in [0.05, 0.1) is 24.6 Å². The molecule has 7 heteroatoms. The molecule has 3 rings (SSSR count). The van der Waals surface area contributed by atoms with E-state index in [2.05, 4.69) is 4.98 Å². The summed E-state index contributed by atoms with van der Waals surface area (Å²) in [5.41, 5.74) is 0.933. The number of nitrogens with zero attached hydrogens (tertiary/aromatic N) is 2. The Balaban J connectivity index is 1.50. The lowest BCUT2D eigenvalue weighted by Crippen LogP contribution is -2.33. The minimum Gasteiger partial charge on any atom is -0.487 e. The number of pyridine rings is 1. The van der Waals surface area contributed by atoms with Crippen LogP contribution in [0.4, 0.5) is 0 Å². The van der Waals surface area contributed by atoms with Crippen LogP contribution in [0.2, 0.25) is 0 Å². The average molecular weight is 340 g/mol. The second kappa shape index (κ2) is 7.15. The molecule has 3 heterocycles. The first-order chi connectivity index (χ1) is 11.0. The Labute approximate surface area is 137 Å². The summed E-state index contributed by atoms with van der Waals surface area (Å²) in [6.45, 7) is 3.62. The number of hydrogen-bond donors (Lipinski definition) is 0. The molecule has 2 saturated heterocycles. The highest BCUT2D eigenvalue weighted by Crippen LogP contribution is 2.22. The molecule has 2 aliphatic rings. The summed E-state index contributed by atoms with van der Waals surface area (Å²) in [6.07, 6.45) is 5.01. The molecule has 0 bridgehead atoms. The van der Waals surface area contributed by atoms with Gasteiger partial charge in [0.15, 0.2) is 0 Å². The summed E-state index contributed by atoms with van der Waals surface area (Å²) < 4.78 is 37.8. The van der Waals surface area contributed by atoms with Crippen LogP contribution in [0.3, 0.4) is 0 Å². The van der Waals surface area contributed by atoms with Gasteiger partial charge in [0.1, 0.15) is 11.9 Å². The fraction of sp³-hybridized carbons (Fsp3) is 0.688. The monoisotopic (exact) mass is 340 g/mol. The summed E-state index contributed by atoms with van der Waals surface area (Å²) in [5, 5.41) is 0. The van der Waals surface area contributed by atoms with E-state index in [1.165, 1.54) is 0 Å². The summed E-state index contributed by atoms with van der Waals surface area (Å²) in [4.78, 5) is 4.19. The van der Waals surface area contributed by atoms with Gasteiger partial charge >= 0.3 is 0 Å². The van der Waals surface area contributed by atoms with Crippen LogP contribution in [0, 0.1) is 6.92 Å². The molecule has 0 unspecified atom stereocenters. The molecule has 1 aromatic rings. The molecule has 0 aliphatic carbocycles. The van der Waals surface area contributed by atoms with Crippen LogP contribution in [0.5, 0.6) is 5.75 Å². The van der Waals surface area contributed by atoms with E-state index in [1.54, 1.807) is 10.5 Å². The largest absolute Gasteiger partial charge is 0.487 e. The number of rotatable bonds is 6. The lowest BCUT2D eigenvalue weighted by molar-refractivity contribution is 0.108. The fourth-order valence-electron chi connectivity index (χ4n) is 3.04. The van der Waals surface area contributed by atoms with E-state index in [-0.39, 0.29) is 18.0 Å². The van der Waals surface area contributed by atoms with Crippen LogP contribution in [0.25, 0.3) is 0 Å². The molecule has 2 aliphatic heterocycles. The van der Waals surface area contributed by atoms with E-state index in [0.717, 1.165) is 25.1 Å². The number of ether oxygens (including phenoxy) is 2. The van der Waals surface area contributed by atoms with Gasteiger partial charge in [-0.1, -0.05) is 0 Å². The van der Waals surface area contributed by atoms with Crippen molar-refractivity contribution >= 4 is 10.0 Å². The van der Waals surface area contributed by atoms with Crippen molar-refractivity contribution in [1.29, 1.82) is 0 Å². The molecular formula is C16H24N2O4S. The van der Waals surface area contributed by atoms with Gasteiger partial charge in [-0.25, -0.2) is 8.42 Å². The van der Waals surface area contributed by atoms with Gasteiger partial charge in [0, 0.05) is 18.8 Å². The van der Waals surface area contributed by atoms with Gasteiger partial charge in [-0.15, -0.1) is 0 Å². The Kier molecular flexibility index (Phi) is 5.18. The average Bonchev–Trinajstić information content (AvgIpc) is 3.19. The Morgan fingerprint density at radius 3 is 2.96 bits per heavy atom. The maximum atomic E-state index is 12.4. The molecule has 0 aromatic carbocycles. The van der Waals surface area contributed by atoms with Crippen LogP contribution in [0.1, 0.15) is 31.4 Å². The van der Waals surface area contributed by atoms with Crippen molar-refractivity contribution in [2.24, 2.45) is 0 Å².